The van der Waals surface area contributed by atoms with Crippen LogP contribution in [0.5, 0.6) is 0 Å². The summed E-state index contributed by atoms with van der Waals surface area (Å²) in [6, 6.07) is 5.80. The highest BCUT2D eigenvalue weighted by atomic mass is 17.3. The summed E-state index contributed by atoms with van der Waals surface area (Å²) in [5, 5.41) is 0. The Labute approximate surface area is 160 Å². The van der Waals surface area contributed by atoms with Crippen molar-refractivity contribution in [2.75, 3.05) is 0 Å². The molecule has 5 fully saturated rings. The van der Waals surface area contributed by atoms with E-state index in [4.69, 9.17) is 14.5 Å². The Bertz CT molecular complexity index is 743. The Morgan fingerprint density at radius 2 is 2.04 bits per heavy atom. The second kappa shape index (κ2) is 6.00. The van der Waals surface area contributed by atoms with Crippen LogP contribution < -0.4 is 0 Å². The fourth-order valence-electron chi connectivity index (χ4n) is 5.98. The molecule has 0 aromatic carbocycles. The van der Waals surface area contributed by atoms with Crippen LogP contribution in [-0.4, -0.2) is 33.4 Å². The van der Waals surface area contributed by atoms with Gasteiger partial charge in [0.15, 0.2) is 11.8 Å². The van der Waals surface area contributed by atoms with E-state index in [0.29, 0.717) is 18.4 Å². The molecule has 4 saturated heterocycles. The maximum atomic E-state index is 13.4. The van der Waals surface area contributed by atoms with Gasteiger partial charge in [-0.15, -0.1) is 0 Å². The number of piperidine rings is 1. The van der Waals surface area contributed by atoms with Crippen LogP contribution in [0.1, 0.15) is 52.1 Å². The number of rotatable bonds is 2. The summed E-state index contributed by atoms with van der Waals surface area (Å²) < 4.78 is 6.51. The minimum Gasteiger partial charge on any atom is -0.321 e. The Morgan fingerprint density at radius 3 is 2.81 bits per heavy atom. The molecule has 7 atom stereocenters. The van der Waals surface area contributed by atoms with E-state index in [9.17, 15) is 4.79 Å². The van der Waals surface area contributed by atoms with Crippen molar-refractivity contribution in [1.29, 1.82) is 0 Å². The van der Waals surface area contributed by atoms with Crippen molar-refractivity contribution in [3.05, 3.63) is 30.1 Å². The minimum absolute atomic E-state index is 0.116. The number of pyridine rings is 1. The van der Waals surface area contributed by atoms with Crippen molar-refractivity contribution >= 4 is 5.91 Å². The van der Waals surface area contributed by atoms with Gasteiger partial charge in [0, 0.05) is 24.5 Å². The second-order valence-electron chi connectivity index (χ2n) is 9.01. The number of carbonyl (C=O) groups excluding carboxylic acids is 1. The molecule has 27 heavy (non-hydrogen) atoms. The molecule has 0 radical (unpaired) electrons. The minimum atomic E-state index is -0.805. The van der Waals surface area contributed by atoms with Crippen LogP contribution in [0.25, 0.3) is 0 Å². The van der Waals surface area contributed by atoms with Gasteiger partial charge in [0.25, 0.3) is 0 Å². The average Bonchev–Trinajstić information content (AvgIpc) is 2.91. The first-order valence-electron chi connectivity index (χ1n) is 10.2. The van der Waals surface area contributed by atoms with Crippen molar-refractivity contribution in [3.63, 3.8) is 0 Å². The Hall–Kier alpha value is -1.50. The van der Waals surface area contributed by atoms with Crippen LogP contribution in [0.2, 0.25) is 0 Å². The van der Waals surface area contributed by atoms with Crippen LogP contribution in [0.3, 0.4) is 0 Å². The number of carbonyl (C=O) groups is 1. The molecule has 6 rings (SSSR count). The first-order chi connectivity index (χ1) is 12.9. The highest BCUT2D eigenvalue weighted by Gasteiger charge is 2.70. The zero-order valence-electron chi connectivity index (χ0n) is 16.3. The number of hydrogen-bond donors (Lipinski definition) is 0. The monoisotopic (exact) mass is 372 g/mol. The van der Waals surface area contributed by atoms with E-state index in [-0.39, 0.29) is 17.7 Å². The summed E-state index contributed by atoms with van der Waals surface area (Å²) in [7, 11) is 0. The Balaban J connectivity index is 1.61. The van der Waals surface area contributed by atoms with Gasteiger partial charge in [-0.1, -0.05) is 19.9 Å². The molecule has 1 unspecified atom stereocenters. The largest absolute Gasteiger partial charge is 0.321 e. The van der Waals surface area contributed by atoms with Gasteiger partial charge in [0.05, 0.1) is 12.2 Å². The highest BCUT2D eigenvalue weighted by molar-refractivity contribution is 5.80. The summed E-state index contributed by atoms with van der Waals surface area (Å²) in [4.78, 5) is 31.8. The van der Waals surface area contributed by atoms with Gasteiger partial charge >= 0.3 is 0 Å². The SMILES string of the molecule is C[C@@H]1CCC2[C@@H](C)C(=O)N(Cc3ccccn3)[C@@H]3O[C@@]4(C)CC[C@@H]1[C@@]23OO4. The topological polar surface area (TPSA) is 60.9 Å². The lowest BCUT2D eigenvalue weighted by Crippen LogP contribution is -2.74. The first kappa shape index (κ1) is 17.6. The van der Waals surface area contributed by atoms with Crippen molar-refractivity contribution in [1.82, 2.24) is 9.88 Å². The molecule has 146 valence electrons. The summed E-state index contributed by atoms with van der Waals surface area (Å²) >= 11 is 0. The zero-order valence-corrected chi connectivity index (χ0v) is 16.3. The first-order valence-corrected chi connectivity index (χ1v) is 10.2. The Morgan fingerprint density at radius 1 is 1.19 bits per heavy atom. The van der Waals surface area contributed by atoms with Crippen molar-refractivity contribution < 1.29 is 19.3 Å². The standard InChI is InChI=1S/C21H28N2O4/c1-13-7-8-17-14(2)18(24)23(12-15-6-4-5-11-22-15)19-21(17)16(13)9-10-20(3,25-19)26-27-21/h4-6,11,13-14,16-17,19H,7-10,12H2,1-3H3/t13-,14-,16+,17?,19-,20-,21-/m1/s1. The molecule has 5 aliphatic rings. The summed E-state index contributed by atoms with van der Waals surface area (Å²) in [6.07, 6.45) is 5.22. The number of amides is 1. The number of likely N-dealkylation sites (tertiary alicyclic amines) is 1. The fourth-order valence-corrected chi connectivity index (χ4v) is 5.98. The third-order valence-corrected chi connectivity index (χ3v) is 7.42. The van der Waals surface area contributed by atoms with E-state index < -0.39 is 17.6 Å². The van der Waals surface area contributed by atoms with E-state index in [0.717, 1.165) is 31.4 Å². The lowest BCUT2D eigenvalue weighted by atomic mass is 9.57. The molecule has 5 heterocycles. The molecule has 6 nitrogen and oxygen atoms in total. The Kier molecular flexibility index (Phi) is 3.91. The maximum Gasteiger partial charge on any atom is 0.228 e. The average molecular weight is 372 g/mol. The molecule has 1 amide bonds. The second-order valence-corrected chi connectivity index (χ2v) is 9.01. The van der Waals surface area contributed by atoms with Crippen LogP contribution in [0.4, 0.5) is 0 Å². The highest BCUT2D eigenvalue weighted by Crippen LogP contribution is 2.60. The van der Waals surface area contributed by atoms with E-state index in [1.165, 1.54) is 0 Å². The van der Waals surface area contributed by atoms with Gasteiger partial charge in [0.1, 0.15) is 0 Å². The van der Waals surface area contributed by atoms with E-state index in [2.05, 4.69) is 11.9 Å². The summed E-state index contributed by atoms with van der Waals surface area (Å²) in [5.74, 6) is 0.185. The lowest BCUT2D eigenvalue weighted by Gasteiger charge is -2.61. The maximum absolute atomic E-state index is 13.4. The number of nitrogens with zero attached hydrogens (tertiary/aromatic N) is 2. The van der Waals surface area contributed by atoms with Gasteiger partial charge in [0.2, 0.25) is 11.7 Å². The number of hydrogen-bond acceptors (Lipinski definition) is 5. The van der Waals surface area contributed by atoms with Gasteiger partial charge in [-0.05, 0) is 50.2 Å². The molecule has 1 spiro atoms. The number of aromatic nitrogens is 1. The molecule has 2 bridgehead atoms. The van der Waals surface area contributed by atoms with Gasteiger partial charge in [-0.3, -0.25) is 9.78 Å². The molecular weight excluding hydrogens is 344 g/mol. The smallest absolute Gasteiger partial charge is 0.228 e. The van der Waals surface area contributed by atoms with E-state index >= 15 is 0 Å². The molecule has 6 heteroatoms. The summed E-state index contributed by atoms with van der Waals surface area (Å²) in [6.45, 7) is 6.71. The fraction of sp³-hybridized carbons (Fsp3) is 0.714. The van der Waals surface area contributed by atoms with Crippen LogP contribution >= 0.6 is 0 Å². The van der Waals surface area contributed by atoms with Crippen LogP contribution in [-0.2, 0) is 25.9 Å². The predicted octanol–water partition coefficient (Wildman–Crippen LogP) is 3.28. The van der Waals surface area contributed by atoms with Crippen molar-refractivity contribution in [2.45, 2.75) is 70.6 Å². The number of ether oxygens (including phenoxy) is 1. The normalized spacial score (nSPS) is 46.1. The van der Waals surface area contributed by atoms with Gasteiger partial charge in [-0.25, -0.2) is 9.78 Å². The predicted molar refractivity (Wildman–Crippen MR) is 96.7 cm³/mol. The van der Waals surface area contributed by atoms with E-state index in [1.54, 1.807) is 6.20 Å². The van der Waals surface area contributed by atoms with Gasteiger partial charge in [-0.2, -0.15) is 0 Å². The van der Waals surface area contributed by atoms with Crippen LogP contribution in [0, 0.1) is 23.7 Å². The zero-order chi connectivity index (χ0) is 18.8. The molecule has 1 aromatic heterocycles. The summed E-state index contributed by atoms with van der Waals surface area (Å²) in [5.41, 5.74) is 0.276. The number of fused-ring (bicyclic) bond motifs is 2. The quantitative estimate of drug-likeness (QED) is 0.746. The van der Waals surface area contributed by atoms with Gasteiger partial charge < -0.3 is 9.64 Å². The van der Waals surface area contributed by atoms with Crippen LogP contribution in [0.15, 0.2) is 24.4 Å². The molecule has 1 aliphatic carbocycles. The third-order valence-electron chi connectivity index (χ3n) is 7.42. The molecule has 4 aliphatic heterocycles. The van der Waals surface area contributed by atoms with Crippen molar-refractivity contribution in [3.8, 4) is 0 Å². The van der Waals surface area contributed by atoms with Crippen molar-refractivity contribution in [2.24, 2.45) is 23.7 Å². The molecule has 1 saturated carbocycles. The molecule has 1 aromatic rings. The third kappa shape index (κ3) is 2.43. The molecule has 0 N–H and O–H groups in total. The van der Waals surface area contributed by atoms with E-state index in [1.807, 2.05) is 36.9 Å². The molecular formula is C21H28N2O4. The lowest BCUT2D eigenvalue weighted by molar-refractivity contribution is -0.548.